The number of benzene rings is 1. The average molecular weight is 287 g/mol. The molecule has 1 aliphatic heterocycles. The number of amides is 1. The van der Waals surface area contributed by atoms with Gasteiger partial charge in [-0.3, -0.25) is 4.79 Å². The van der Waals surface area contributed by atoms with E-state index < -0.39 is 0 Å². The van der Waals surface area contributed by atoms with Gasteiger partial charge in [0.25, 0.3) is 0 Å². The summed E-state index contributed by atoms with van der Waals surface area (Å²) in [6.07, 6.45) is 1.95. The number of ether oxygens (including phenoxy) is 1. The molecule has 112 valence electrons. The van der Waals surface area contributed by atoms with Crippen molar-refractivity contribution in [2.45, 2.75) is 32.4 Å². The van der Waals surface area contributed by atoms with Crippen LogP contribution in [0.25, 0.3) is 0 Å². The maximum absolute atomic E-state index is 11.3. The molecule has 5 heteroatoms. The van der Waals surface area contributed by atoms with Gasteiger partial charge in [-0.15, -0.1) is 0 Å². The summed E-state index contributed by atoms with van der Waals surface area (Å²) in [7, 11) is 1.57. The van der Waals surface area contributed by atoms with Crippen LogP contribution in [0.1, 0.15) is 30.9 Å². The van der Waals surface area contributed by atoms with Crippen LogP contribution in [-0.2, 0) is 11.3 Å². The summed E-state index contributed by atoms with van der Waals surface area (Å²) in [6, 6.07) is 8.23. The number of hydrogen-bond acceptors (Lipinski definition) is 4. The molecule has 0 aliphatic carbocycles. The van der Waals surface area contributed by atoms with Crippen molar-refractivity contribution in [3.8, 4) is 11.8 Å². The van der Waals surface area contributed by atoms with E-state index in [0.717, 1.165) is 38.0 Å². The number of likely N-dealkylation sites (tertiary alicyclic amines) is 1. The quantitative estimate of drug-likeness (QED) is 0.915. The van der Waals surface area contributed by atoms with E-state index in [1.807, 2.05) is 23.1 Å². The minimum Gasteiger partial charge on any atom is -0.495 e. The molecular weight excluding hydrogens is 266 g/mol. The molecule has 1 aromatic rings. The summed E-state index contributed by atoms with van der Waals surface area (Å²) in [4.78, 5) is 13.2. The zero-order valence-electron chi connectivity index (χ0n) is 12.6. The average Bonchev–Trinajstić information content (AvgIpc) is 2.52. The van der Waals surface area contributed by atoms with Crippen LogP contribution in [0.4, 0.5) is 0 Å². The summed E-state index contributed by atoms with van der Waals surface area (Å²) in [6.45, 7) is 3.98. The van der Waals surface area contributed by atoms with Crippen LogP contribution in [0.5, 0.6) is 5.75 Å². The van der Waals surface area contributed by atoms with Gasteiger partial charge in [-0.2, -0.15) is 5.26 Å². The lowest BCUT2D eigenvalue weighted by molar-refractivity contribution is -0.129. The van der Waals surface area contributed by atoms with Crippen LogP contribution in [-0.4, -0.2) is 37.0 Å². The Bertz CT molecular complexity index is 543. The van der Waals surface area contributed by atoms with Gasteiger partial charge in [0.05, 0.1) is 12.7 Å². The number of rotatable bonds is 4. The Kier molecular flexibility index (Phi) is 5.18. The van der Waals surface area contributed by atoms with E-state index in [9.17, 15) is 4.79 Å². The first-order valence-corrected chi connectivity index (χ1v) is 7.20. The maximum atomic E-state index is 11.3. The second kappa shape index (κ2) is 7.09. The van der Waals surface area contributed by atoms with E-state index >= 15 is 0 Å². The van der Waals surface area contributed by atoms with Crippen LogP contribution < -0.4 is 10.1 Å². The van der Waals surface area contributed by atoms with E-state index in [4.69, 9.17) is 10.00 Å². The number of methoxy groups -OCH3 is 1. The lowest BCUT2D eigenvalue weighted by atomic mass is 10.0. The molecule has 0 unspecified atom stereocenters. The number of nitriles is 1. The monoisotopic (exact) mass is 287 g/mol. The highest BCUT2D eigenvalue weighted by Crippen LogP contribution is 2.19. The molecule has 0 saturated carbocycles. The number of nitrogens with one attached hydrogen (secondary N) is 1. The Hall–Kier alpha value is -2.06. The number of hydrogen-bond donors (Lipinski definition) is 1. The van der Waals surface area contributed by atoms with E-state index in [2.05, 4.69) is 11.4 Å². The smallest absolute Gasteiger partial charge is 0.219 e. The van der Waals surface area contributed by atoms with Crippen molar-refractivity contribution >= 4 is 5.91 Å². The first kappa shape index (κ1) is 15.3. The van der Waals surface area contributed by atoms with Crippen LogP contribution >= 0.6 is 0 Å². The van der Waals surface area contributed by atoms with Gasteiger partial charge in [-0.1, -0.05) is 6.07 Å². The molecule has 1 fully saturated rings. The number of carbonyl (C=O) groups excluding carboxylic acids is 1. The highest BCUT2D eigenvalue weighted by Gasteiger charge is 2.20. The molecule has 0 atom stereocenters. The van der Waals surface area contributed by atoms with Gasteiger partial charge in [0.1, 0.15) is 11.8 Å². The van der Waals surface area contributed by atoms with Gasteiger partial charge in [-0.25, -0.2) is 0 Å². The maximum Gasteiger partial charge on any atom is 0.219 e. The standard InChI is InChI=1S/C16H21N3O2/c1-12(20)19-7-5-15(6-8-19)18-11-13-3-4-16(21-2)14(9-13)10-17/h3-4,9,15,18H,5-8,11H2,1-2H3. The Morgan fingerprint density at radius 2 is 2.19 bits per heavy atom. The van der Waals surface area contributed by atoms with Crippen LogP contribution in [0.3, 0.4) is 0 Å². The fourth-order valence-corrected chi connectivity index (χ4v) is 2.61. The molecule has 0 aromatic heterocycles. The highest BCUT2D eigenvalue weighted by molar-refractivity contribution is 5.73. The lowest BCUT2D eigenvalue weighted by Gasteiger charge is -2.31. The summed E-state index contributed by atoms with van der Waals surface area (Å²) in [5, 5.41) is 12.6. The Morgan fingerprint density at radius 1 is 1.48 bits per heavy atom. The third kappa shape index (κ3) is 3.96. The van der Waals surface area contributed by atoms with Crippen molar-refractivity contribution < 1.29 is 9.53 Å². The van der Waals surface area contributed by atoms with Gasteiger partial charge in [0, 0.05) is 32.6 Å². The molecule has 1 heterocycles. The molecule has 1 aliphatic rings. The normalized spacial score (nSPS) is 15.6. The minimum atomic E-state index is 0.155. The first-order chi connectivity index (χ1) is 10.1. The molecule has 2 rings (SSSR count). The fourth-order valence-electron chi connectivity index (χ4n) is 2.61. The van der Waals surface area contributed by atoms with Crippen molar-refractivity contribution in [3.63, 3.8) is 0 Å². The third-order valence-corrected chi connectivity index (χ3v) is 3.92. The summed E-state index contributed by atoms with van der Waals surface area (Å²) in [5.41, 5.74) is 1.63. The molecule has 0 spiro atoms. The molecule has 1 N–H and O–H groups in total. The topological polar surface area (TPSA) is 65.4 Å². The Labute approximate surface area is 125 Å². The van der Waals surface area contributed by atoms with Crippen molar-refractivity contribution in [2.24, 2.45) is 0 Å². The SMILES string of the molecule is COc1ccc(CNC2CCN(C(C)=O)CC2)cc1C#N. The summed E-state index contributed by atoms with van der Waals surface area (Å²) >= 11 is 0. The van der Waals surface area contributed by atoms with Gasteiger partial charge >= 0.3 is 0 Å². The molecular formula is C16H21N3O2. The fraction of sp³-hybridized carbons (Fsp3) is 0.500. The second-order valence-corrected chi connectivity index (χ2v) is 5.31. The lowest BCUT2D eigenvalue weighted by Crippen LogP contribution is -2.43. The van der Waals surface area contributed by atoms with Crippen LogP contribution in [0.15, 0.2) is 18.2 Å². The third-order valence-electron chi connectivity index (χ3n) is 3.92. The zero-order valence-corrected chi connectivity index (χ0v) is 12.6. The van der Waals surface area contributed by atoms with Crippen LogP contribution in [0.2, 0.25) is 0 Å². The summed E-state index contributed by atoms with van der Waals surface area (Å²) < 4.78 is 5.14. The predicted octanol–water partition coefficient (Wildman–Crippen LogP) is 1.67. The van der Waals surface area contributed by atoms with Crippen molar-refractivity contribution in [2.75, 3.05) is 20.2 Å². The molecule has 1 amide bonds. The minimum absolute atomic E-state index is 0.155. The van der Waals surface area contributed by atoms with Gasteiger partial charge in [0.2, 0.25) is 5.91 Å². The number of carbonyl (C=O) groups is 1. The predicted molar refractivity (Wildman–Crippen MR) is 79.8 cm³/mol. The second-order valence-electron chi connectivity index (χ2n) is 5.31. The van der Waals surface area contributed by atoms with Crippen LogP contribution in [0, 0.1) is 11.3 Å². The number of nitrogens with zero attached hydrogens (tertiary/aromatic N) is 2. The van der Waals surface area contributed by atoms with E-state index in [-0.39, 0.29) is 5.91 Å². The van der Waals surface area contributed by atoms with Gasteiger partial charge in [0.15, 0.2) is 0 Å². The molecule has 21 heavy (non-hydrogen) atoms. The Morgan fingerprint density at radius 3 is 2.76 bits per heavy atom. The molecule has 1 aromatic carbocycles. The van der Waals surface area contributed by atoms with Crippen molar-refractivity contribution in [3.05, 3.63) is 29.3 Å². The van der Waals surface area contributed by atoms with Gasteiger partial charge < -0.3 is 15.0 Å². The molecule has 0 bridgehead atoms. The van der Waals surface area contributed by atoms with E-state index in [1.54, 1.807) is 14.0 Å². The van der Waals surface area contributed by atoms with E-state index in [0.29, 0.717) is 17.4 Å². The molecule has 5 nitrogen and oxygen atoms in total. The van der Waals surface area contributed by atoms with Crippen molar-refractivity contribution in [1.29, 1.82) is 5.26 Å². The number of piperidine rings is 1. The zero-order chi connectivity index (χ0) is 15.2. The largest absolute Gasteiger partial charge is 0.495 e. The summed E-state index contributed by atoms with van der Waals surface area (Å²) in [5.74, 6) is 0.762. The highest BCUT2D eigenvalue weighted by atomic mass is 16.5. The molecule has 0 radical (unpaired) electrons. The Balaban J connectivity index is 1.87. The van der Waals surface area contributed by atoms with Gasteiger partial charge in [-0.05, 0) is 30.5 Å². The van der Waals surface area contributed by atoms with E-state index in [1.165, 1.54) is 0 Å². The van der Waals surface area contributed by atoms with Crippen molar-refractivity contribution in [1.82, 2.24) is 10.2 Å². The molecule has 1 saturated heterocycles. The first-order valence-electron chi connectivity index (χ1n) is 7.20.